The van der Waals surface area contributed by atoms with Crippen LogP contribution in [0.1, 0.15) is 67.9 Å². The number of nitrogens with one attached hydrogen (secondary N) is 2. The molecule has 18 heteroatoms. The van der Waals surface area contributed by atoms with Crippen LogP contribution in [0, 0.1) is 29.4 Å². The number of nitrogens with zero attached hydrogens (tertiary/aromatic N) is 5. The quantitative estimate of drug-likeness (QED) is 0.107. The molecule has 3 heterocycles. The van der Waals surface area contributed by atoms with Crippen molar-refractivity contribution < 1.29 is 35.9 Å². The van der Waals surface area contributed by atoms with Crippen molar-refractivity contribution in [2.24, 2.45) is 13.0 Å². The maximum atomic E-state index is 15.5. The number of aliphatic hydroxyl groups is 1. The Labute approximate surface area is 319 Å². The van der Waals surface area contributed by atoms with E-state index in [9.17, 15) is 27.1 Å². The molecule has 1 amide bonds. The van der Waals surface area contributed by atoms with Gasteiger partial charge in [-0.2, -0.15) is 19.0 Å². The molecule has 290 valence electrons. The number of rotatable bonds is 9. The van der Waals surface area contributed by atoms with Crippen molar-refractivity contribution in [2.45, 2.75) is 64.1 Å². The highest BCUT2D eigenvalue weighted by Crippen LogP contribution is 2.54. The summed E-state index contributed by atoms with van der Waals surface area (Å²) in [6, 6.07) is 7.94. The number of anilines is 2. The molecular weight excluding hydrogens is 764 g/mol. The molecule has 0 saturated heterocycles. The molecule has 5 aromatic rings. The monoisotopic (exact) mass is 800 g/mol. The van der Waals surface area contributed by atoms with Crippen LogP contribution in [0.3, 0.4) is 0 Å². The zero-order chi connectivity index (χ0) is 40.4. The van der Waals surface area contributed by atoms with Crippen molar-refractivity contribution in [3.05, 3.63) is 87.3 Å². The smallest absolute Gasteiger partial charge is 0.292 e. The summed E-state index contributed by atoms with van der Waals surface area (Å²) in [5.74, 6) is -2.35. The molecule has 5 N–H and O–H groups in total. The first-order valence-corrected chi connectivity index (χ1v) is 19.2. The number of sulfonamides is 1. The topological polar surface area (TPSA) is 170 Å². The van der Waals surface area contributed by atoms with Gasteiger partial charge in [-0.1, -0.05) is 37.4 Å². The van der Waals surface area contributed by atoms with Crippen LogP contribution in [0.4, 0.5) is 29.2 Å². The van der Waals surface area contributed by atoms with E-state index < -0.39 is 69.2 Å². The van der Waals surface area contributed by atoms with Crippen molar-refractivity contribution in [3.8, 4) is 23.0 Å². The predicted octanol–water partition coefficient (Wildman–Crippen LogP) is 5.78. The molecule has 12 nitrogen and oxygen atoms in total. The summed E-state index contributed by atoms with van der Waals surface area (Å²) in [6.45, 7) is 5.24. The number of fused-ring (bicyclic) bond motifs is 2. The predicted molar refractivity (Wildman–Crippen MR) is 200 cm³/mol. The maximum absolute atomic E-state index is 15.5. The van der Waals surface area contributed by atoms with E-state index in [2.05, 4.69) is 32.1 Å². The van der Waals surface area contributed by atoms with Crippen LogP contribution >= 0.6 is 11.6 Å². The van der Waals surface area contributed by atoms with E-state index in [1.54, 1.807) is 32.2 Å². The lowest BCUT2D eigenvalue weighted by Crippen LogP contribution is -2.35. The Morgan fingerprint density at radius 2 is 1.76 bits per heavy atom. The van der Waals surface area contributed by atoms with E-state index in [1.807, 2.05) is 0 Å². The summed E-state index contributed by atoms with van der Waals surface area (Å²) >= 11 is 6.59. The summed E-state index contributed by atoms with van der Waals surface area (Å²) in [4.78, 5) is 18.7. The SMILES string of the molecule is C[C@@H]1c2c(N)nn(CC(=O)N[C@@H](Cc3cc(F)cc(F)c3)c3nc(C#CC(C)(C)O)ccc3-c3ccc(Cl)c4c(NS(C)(=O)=O)nn(C)c34)c2C(F)(F)[C@@H]1C. The molecule has 0 unspecified atom stereocenters. The molecule has 0 saturated carbocycles. The summed E-state index contributed by atoms with van der Waals surface area (Å²) in [7, 11) is -2.23. The lowest BCUT2D eigenvalue weighted by atomic mass is 9.93. The number of hydrogen-bond acceptors (Lipinski definition) is 8. The molecule has 0 bridgehead atoms. The van der Waals surface area contributed by atoms with Crippen molar-refractivity contribution in [3.63, 3.8) is 0 Å². The van der Waals surface area contributed by atoms with Gasteiger partial charge >= 0.3 is 0 Å². The zero-order valence-corrected chi connectivity index (χ0v) is 32.0. The molecule has 1 aliphatic carbocycles. The lowest BCUT2D eigenvalue weighted by molar-refractivity contribution is -0.123. The van der Waals surface area contributed by atoms with Gasteiger partial charge in [0, 0.05) is 35.7 Å². The maximum Gasteiger partial charge on any atom is 0.292 e. The number of pyridine rings is 1. The Bertz CT molecular complexity index is 2520. The highest BCUT2D eigenvalue weighted by atomic mass is 35.5. The van der Waals surface area contributed by atoms with Crippen molar-refractivity contribution >= 4 is 50.1 Å². The standard InChI is InChI=1S/C37H37ClF4N8O4S/c1-18-19(2)37(41,42)33-29(18)34(43)46-50(33)17-28(51)45-27(15-20-13-21(39)16-22(40)14-20)31-24(8-7-23(44-31)11-12-36(3,4)52)25-9-10-26(38)30-32(25)49(5)47-35(30)48-55(6,53)54/h7-10,13-14,16,18-19,27,52H,15,17H2,1-6H3,(H2,43,46)(H,45,51)(H,47,48)/t18-,19+,27-/m0/s1. The summed E-state index contributed by atoms with van der Waals surface area (Å²) in [5, 5.41) is 21.9. The minimum Gasteiger partial charge on any atom is -0.382 e. The van der Waals surface area contributed by atoms with Gasteiger partial charge in [-0.3, -0.25) is 18.9 Å². The number of benzene rings is 2. The highest BCUT2D eigenvalue weighted by Gasteiger charge is 2.54. The summed E-state index contributed by atoms with van der Waals surface area (Å²) in [5.41, 5.74) is 5.80. The normalized spacial score (nSPS) is 17.1. The number of carbonyl (C=O) groups is 1. The number of alkyl halides is 2. The first-order chi connectivity index (χ1) is 25.5. The number of nitrogens with two attached hydrogens (primary N) is 1. The van der Waals surface area contributed by atoms with Crippen LogP contribution < -0.4 is 15.8 Å². The van der Waals surface area contributed by atoms with E-state index >= 15 is 8.78 Å². The largest absolute Gasteiger partial charge is 0.382 e. The van der Waals surface area contributed by atoms with Crippen molar-refractivity contribution in [2.75, 3.05) is 16.7 Å². The zero-order valence-electron chi connectivity index (χ0n) is 30.5. The fourth-order valence-electron chi connectivity index (χ4n) is 6.84. The van der Waals surface area contributed by atoms with Gasteiger partial charge in [0.1, 0.15) is 41.0 Å². The molecule has 0 radical (unpaired) electrons. The lowest BCUT2D eigenvalue weighted by Gasteiger charge is -2.23. The fraction of sp³-hybridized carbons (Fsp3) is 0.351. The highest BCUT2D eigenvalue weighted by molar-refractivity contribution is 7.92. The second kappa shape index (κ2) is 14.2. The van der Waals surface area contributed by atoms with Crippen LogP contribution in [-0.4, -0.2) is 55.8 Å². The third-order valence-electron chi connectivity index (χ3n) is 9.36. The van der Waals surface area contributed by atoms with Gasteiger partial charge in [-0.05, 0) is 68.0 Å². The number of halogens is 5. The Balaban J connectivity index is 1.54. The first-order valence-electron chi connectivity index (χ1n) is 16.9. The van der Waals surface area contributed by atoms with Crippen LogP contribution in [0.2, 0.25) is 5.02 Å². The van der Waals surface area contributed by atoms with Gasteiger partial charge in [0.05, 0.1) is 33.9 Å². The van der Waals surface area contributed by atoms with Gasteiger partial charge < -0.3 is 16.2 Å². The first kappa shape index (κ1) is 39.5. The molecular formula is C37H37ClF4N8O4S. The van der Waals surface area contributed by atoms with E-state index in [0.717, 1.165) is 23.1 Å². The molecule has 0 fully saturated rings. The average molecular weight is 801 g/mol. The Hall–Kier alpha value is -5.18. The third kappa shape index (κ3) is 7.98. The van der Waals surface area contributed by atoms with E-state index in [-0.39, 0.29) is 51.0 Å². The van der Waals surface area contributed by atoms with Crippen molar-refractivity contribution in [1.29, 1.82) is 0 Å². The van der Waals surface area contributed by atoms with Crippen LogP contribution in [0.25, 0.3) is 22.0 Å². The molecule has 3 aromatic heterocycles. The second-order valence-corrected chi connectivity index (χ2v) is 16.4. The van der Waals surface area contributed by atoms with E-state index in [0.29, 0.717) is 22.7 Å². The Kier molecular flexibility index (Phi) is 10.2. The molecule has 6 rings (SSSR count). The number of aryl methyl sites for hydroxylation is 1. The number of amides is 1. The Morgan fingerprint density at radius 1 is 1.11 bits per heavy atom. The summed E-state index contributed by atoms with van der Waals surface area (Å²) in [6.07, 6.45) is 0.701. The molecule has 3 atom stereocenters. The molecule has 1 aliphatic rings. The molecule has 2 aromatic carbocycles. The van der Waals surface area contributed by atoms with Crippen LogP contribution in [-0.2, 0) is 40.8 Å². The fourth-order valence-corrected chi connectivity index (χ4v) is 7.58. The molecule has 0 spiro atoms. The summed E-state index contributed by atoms with van der Waals surface area (Å²) < 4.78 is 89.2. The van der Waals surface area contributed by atoms with E-state index in [1.165, 1.54) is 31.5 Å². The van der Waals surface area contributed by atoms with Crippen LogP contribution in [0.5, 0.6) is 0 Å². The van der Waals surface area contributed by atoms with Gasteiger partial charge in [0.15, 0.2) is 5.82 Å². The van der Waals surface area contributed by atoms with E-state index in [4.69, 9.17) is 22.3 Å². The number of nitrogen functional groups attached to an aromatic ring is 1. The number of hydrogen-bond donors (Lipinski definition) is 4. The van der Waals surface area contributed by atoms with Gasteiger partial charge in [0.2, 0.25) is 15.9 Å². The molecule has 55 heavy (non-hydrogen) atoms. The second-order valence-electron chi connectivity index (χ2n) is 14.2. The minimum atomic E-state index is -3.80. The number of carbonyl (C=O) groups excluding carboxylic acids is 1. The van der Waals surface area contributed by atoms with Gasteiger partial charge in [-0.25, -0.2) is 22.2 Å². The minimum absolute atomic E-state index is 0.0550. The van der Waals surface area contributed by atoms with Crippen molar-refractivity contribution in [1.82, 2.24) is 29.9 Å². The number of aromatic nitrogens is 5. The van der Waals surface area contributed by atoms with Gasteiger partial charge in [0.25, 0.3) is 5.92 Å². The van der Waals surface area contributed by atoms with Gasteiger partial charge in [-0.15, -0.1) is 0 Å². The Morgan fingerprint density at radius 3 is 2.40 bits per heavy atom. The van der Waals surface area contributed by atoms with Crippen LogP contribution in [0.15, 0.2) is 42.5 Å². The third-order valence-corrected chi connectivity index (χ3v) is 10.2. The molecule has 0 aliphatic heterocycles. The average Bonchev–Trinajstić information content (AvgIpc) is 3.62.